The van der Waals surface area contributed by atoms with Crippen molar-refractivity contribution < 1.29 is 33.2 Å². The van der Waals surface area contributed by atoms with E-state index in [9.17, 15) is 14.4 Å². The Bertz CT molecular complexity index is 1460. The lowest BCUT2D eigenvalue weighted by Crippen LogP contribution is -2.65. The molecule has 8 rings (SSSR count). The molecule has 0 radical (unpaired) electrons. The van der Waals surface area contributed by atoms with Gasteiger partial charge < -0.3 is 28.6 Å². The van der Waals surface area contributed by atoms with Gasteiger partial charge in [-0.15, -0.1) is 0 Å². The molecule has 3 saturated carbocycles. The molecular formula is C38H52BN3O7. The van der Waals surface area contributed by atoms with Crippen LogP contribution in [0.5, 0.6) is 0 Å². The fourth-order valence-corrected chi connectivity index (χ4v) is 8.80. The van der Waals surface area contributed by atoms with E-state index in [-0.39, 0.29) is 61.3 Å². The SMILES string of the molecule is CC.CC1(C)C2CC1[C@]1(C)OB(C3CCCN3C(=O)CN(C(=O)OCc3ccccc3)C3CCN(C(=O)OCc4ccccc4)C3)O[C@@H]1C2. The number of carbonyl (C=O) groups is 3. The van der Waals surface area contributed by atoms with Crippen LogP contribution in [0.25, 0.3) is 0 Å². The third-order valence-electron chi connectivity index (χ3n) is 11.7. The van der Waals surface area contributed by atoms with E-state index in [0.717, 1.165) is 30.4 Å². The van der Waals surface area contributed by atoms with Crippen LogP contribution in [-0.4, -0.2) is 89.8 Å². The molecule has 4 unspecified atom stereocenters. The first-order valence-electron chi connectivity index (χ1n) is 18.2. The van der Waals surface area contributed by atoms with Crippen molar-refractivity contribution >= 4 is 25.2 Å². The van der Waals surface area contributed by atoms with Crippen LogP contribution in [0.3, 0.4) is 0 Å². The molecule has 2 bridgehead atoms. The average Bonchev–Trinajstić information content (AvgIpc) is 3.89. The zero-order chi connectivity index (χ0) is 34.8. The van der Waals surface area contributed by atoms with Crippen molar-refractivity contribution in [1.82, 2.24) is 14.7 Å². The number of carbonyl (C=O) groups excluding carboxylic acids is 3. The monoisotopic (exact) mass is 673 g/mol. The van der Waals surface area contributed by atoms with Gasteiger partial charge in [0.25, 0.3) is 0 Å². The Morgan fingerprint density at radius 1 is 0.898 bits per heavy atom. The highest BCUT2D eigenvalue weighted by atomic mass is 16.7. The molecular weight excluding hydrogens is 621 g/mol. The van der Waals surface area contributed by atoms with E-state index in [1.54, 1.807) is 4.90 Å². The number of ether oxygens (including phenoxy) is 2. The Morgan fingerprint density at radius 2 is 1.55 bits per heavy atom. The predicted molar refractivity (Wildman–Crippen MR) is 186 cm³/mol. The van der Waals surface area contributed by atoms with Crippen molar-refractivity contribution in [3.8, 4) is 0 Å². The average molecular weight is 674 g/mol. The lowest BCUT2D eigenvalue weighted by molar-refractivity contribution is -0.199. The summed E-state index contributed by atoms with van der Waals surface area (Å²) >= 11 is 0. The van der Waals surface area contributed by atoms with Crippen LogP contribution in [0.2, 0.25) is 0 Å². The summed E-state index contributed by atoms with van der Waals surface area (Å²) in [4.78, 5) is 45.6. The summed E-state index contributed by atoms with van der Waals surface area (Å²) in [6.45, 7) is 12.3. The Hall–Kier alpha value is -3.57. The maximum Gasteiger partial charge on any atom is 0.481 e. The van der Waals surface area contributed by atoms with E-state index in [4.69, 9.17) is 18.8 Å². The first-order chi connectivity index (χ1) is 23.6. The lowest BCUT2D eigenvalue weighted by Gasteiger charge is -2.64. The molecule has 3 aliphatic carbocycles. The van der Waals surface area contributed by atoms with Gasteiger partial charge in [-0.25, -0.2) is 9.59 Å². The second-order valence-corrected chi connectivity index (χ2v) is 14.7. The Morgan fingerprint density at radius 3 is 2.20 bits per heavy atom. The van der Waals surface area contributed by atoms with Crippen LogP contribution in [0.4, 0.5) is 9.59 Å². The van der Waals surface area contributed by atoms with Crippen molar-refractivity contribution in [3.63, 3.8) is 0 Å². The number of hydrogen-bond donors (Lipinski definition) is 0. The molecule has 3 aliphatic heterocycles. The van der Waals surface area contributed by atoms with Crippen LogP contribution in [0, 0.1) is 17.3 Å². The maximum atomic E-state index is 14.1. The van der Waals surface area contributed by atoms with Crippen molar-refractivity contribution in [3.05, 3.63) is 71.8 Å². The van der Waals surface area contributed by atoms with Crippen LogP contribution in [0.15, 0.2) is 60.7 Å². The standard InChI is InChI=1S/C36H46BN3O7.C2H6/c1-35(2)27-19-29(35)36(3)30(20-27)46-37(47-36)31-15-10-17-39(31)32(41)22-40(34(43)45-24-26-13-8-5-9-14-26)28-16-18-38(21-28)33(42)44-23-25-11-6-4-7-12-25;1-2/h4-9,11-14,27-31H,10,15-24H2,1-3H3;1-2H3/t27?,28?,29?,30-,31?,36+;/m1./s1. The zero-order valence-electron chi connectivity index (χ0n) is 29.7. The van der Waals surface area contributed by atoms with Crippen LogP contribution in [0.1, 0.15) is 77.8 Å². The maximum absolute atomic E-state index is 14.1. The smallest absolute Gasteiger partial charge is 0.445 e. The zero-order valence-corrected chi connectivity index (χ0v) is 29.7. The van der Waals surface area contributed by atoms with Crippen molar-refractivity contribution in [1.29, 1.82) is 0 Å². The topological polar surface area (TPSA) is 97.9 Å². The molecule has 0 aromatic heterocycles. The van der Waals surface area contributed by atoms with Gasteiger partial charge in [-0.05, 0) is 67.4 Å². The molecule has 3 heterocycles. The largest absolute Gasteiger partial charge is 0.481 e. The molecule has 10 nitrogen and oxygen atoms in total. The normalized spacial score (nSPS) is 29.3. The molecule has 3 saturated heterocycles. The Labute approximate surface area is 291 Å². The van der Waals surface area contributed by atoms with Crippen LogP contribution >= 0.6 is 0 Å². The van der Waals surface area contributed by atoms with Gasteiger partial charge in [0.2, 0.25) is 5.91 Å². The number of likely N-dealkylation sites (tertiary alicyclic amines) is 2. The van der Waals surface area contributed by atoms with Crippen molar-refractivity contribution in [2.24, 2.45) is 17.3 Å². The number of benzene rings is 2. The number of rotatable bonds is 8. The molecule has 2 aromatic carbocycles. The molecule has 6 aliphatic rings. The van der Waals surface area contributed by atoms with Gasteiger partial charge >= 0.3 is 19.3 Å². The summed E-state index contributed by atoms with van der Waals surface area (Å²) in [7, 11) is -0.480. The predicted octanol–water partition coefficient (Wildman–Crippen LogP) is 6.32. The molecule has 2 aromatic rings. The Balaban J connectivity index is 0.00000205. The first kappa shape index (κ1) is 35.3. The summed E-state index contributed by atoms with van der Waals surface area (Å²) in [6.07, 6.45) is 3.35. The third-order valence-corrected chi connectivity index (χ3v) is 11.7. The summed E-state index contributed by atoms with van der Waals surface area (Å²) in [5.74, 6) is 0.715. The molecule has 0 spiro atoms. The van der Waals surface area contributed by atoms with Gasteiger partial charge in [-0.1, -0.05) is 88.4 Å². The fourth-order valence-electron chi connectivity index (χ4n) is 8.80. The van der Waals surface area contributed by atoms with Gasteiger partial charge in [-0.3, -0.25) is 9.69 Å². The van der Waals surface area contributed by atoms with Crippen LogP contribution in [-0.2, 0) is 36.8 Å². The van der Waals surface area contributed by atoms with Gasteiger partial charge in [0.05, 0.1) is 23.7 Å². The second-order valence-electron chi connectivity index (χ2n) is 14.7. The van der Waals surface area contributed by atoms with E-state index >= 15 is 0 Å². The van der Waals surface area contributed by atoms with Crippen molar-refractivity contribution in [2.45, 2.75) is 104 Å². The summed E-state index contributed by atoms with van der Waals surface area (Å²) in [5, 5.41) is 0. The number of hydrogen-bond acceptors (Lipinski definition) is 7. The van der Waals surface area contributed by atoms with Crippen molar-refractivity contribution in [2.75, 3.05) is 26.2 Å². The minimum atomic E-state index is -0.573. The van der Waals surface area contributed by atoms with Gasteiger partial charge in [0, 0.05) is 19.6 Å². The third kappa shape index (κ3) is 7.06. The quantitative estimate of drug-likeness (QED) is 0.303. The summed E-state index contributed by atoms with van der Waals surface area (Å²) < 4.78 is 24.6. The van der Waals surface area contributed by atoms with Crippen LogP contribution < -0.4 is 0 Å². The summed E-state index contributed by atoms with van der Waals surface area (Å²) in [6, 6.07) is 18.6. The number of amides is 3. The second kappa shape index (κ2) is 14.7. The molecule has 6 fully saturated rings. The first-order valence-corrected chi connectivity index (χ1v) is 18.2. The van der Waals surface area contributed by atoms with E-state index in [0.29, 0.717) is 31.3 Å². The van der Waals surface area contributed by atoms with E-state index in [2.05, 4.69) is 20.8 Å². The molecule has 49 heavy (non-hydrogen) atoms. The highest BCUT2D eigenvalue weighted by Gasteiger charge is 2.69. The fraction of sp³-hybridized carbons (Fsp3) is 0.605. The Kier molecular flexibility index (Phi) is 10.6. The van der Waals surface area contributed by atoms with Gasteiger partial charge in [-0.2, -0.15) is 0 Å². The van der Waals surface area contributed by atoms with E-state index < -0.39 is 19.3 Å². The van der Waals surface area contributed by atoms with Gasteiger partial charge in [0.1, 0.15) is 19.8 Å². The molecule has 0 N–H and O–H groups in total. The van der Waals surface area contributed by atoms with E-state index in [1.807, 2.05) is 79.4 Å². The minimum Gasteiger partial charge on any atom is -0.445 e. The molecule has 11 heteroatoms. The van der Waals surface area contributed by atoms with Gasteiger partial charge in [0.15, 0.2) is 0 Å². The molecule has 3 amide bonds. The highest BCUT2D eigenvalue weighted by Crippen LogP contribution is 2.66. The lowest BCUT2D eigenvalue weighted by atomic mass is 9.43. The molecule has 6 atom stereocenters. The number of nitrogens with zero attached hydrogens (tertiary/aromatic N) is 3. The van der Waals surface area contributed by atoms with E-state index in [1.165, 1.54) is 11.3 Å². The molecule has 264 valence electrons. The highest BCUT2D eigenvalue weighted by molar-refractivity contribution is 6.48. The summed E-state index contributed by atoms with van der Waals surface area (Å²) in [5.41, 5.74) is 1.64. The minimum absolute atomic E-state index is 0.0393.